The van der Waals surface area contributed by atoms with Gasteiger partial charge in [0.15, 0.2) is 0 Å². The third-order valence-corrected chi connectivity index (χ3v) is 4.01. The average molecular weight is 285 g/mol. The third kappa shape index (κ3) is 2.83. The normalized spacial score (nSPS) is 16.7. The summed E-state index contributed by atoms with van der Waals surface area (Å²) < 4.78 is 0. The molecule has 1 aromatic carbocycles. The van der Waals surface area contributed by atoms with Gasteiger partial charge in [0, 0.05) is 37.8 Å². The Bertz CT molecular complexity index is 751. The number of amides is 1. The molecule has 0 saturated carbocycles. The lowest BCUT2D eigenvalue weighted by Crippen LogP contribution is -2.48. The molecule has 0 radical (unpaired) electrons. The van der Waals surface area contributed by atoms with E-state index in [2.05, 4.69) is 4.98 Å². The molecular weight excluding hydrogens is 266 g/mol. The van der Waals surface area contributed by atoms with E-state index in [0.717, 1.165) is 23.0 Å². The van der Waals surface area contributed by atoms with Crippen LogP contribution in [-0.4, -0.2) is 47.4 Å². The molecule has 1 aromatic heterocycles. The number of likely N-dealkylation sites (N-methyl/N-ethyl adjacent to an activating group) is 1. The zero-order valence-electron chi connectivity index (χ0n) is 12.3. The number of rotatable bonds is 2. The molecule has 5 nitrogen and oxygen atoms in total. The molecule has 21 heavy (non-hydrogen) atoms. The van der Waals surface area contributed by atoms with Gasteiger partial charge >= 0.3 is 0 Å². The van der Waals surface area contributed by atoms with E-state index in [-0.39, 0.29) is 11.5 Å². The average Bonchev–Trinajstić information content (AvgIpc) is 2.44. The summed E-state index contributed by atoms with van der Waals surface area (Å²) in [7, 11) is 1.81. The molecule has 2 aromatic rings. The van der Waals surface area contributed by atoms with Crippen molar-refractivity contribution in [3.63, 3.8) is 0 Å². The molecule has 0 atom stereocenters. The largest absolute Gasteiger partial charge is 0.343 e. The van der Waals surface area contributed by atoms with Crippen LogP contribution < -0.4 is 5.56 Å². The van der Waals surface area contributed by atoms with Crippen molar-refractivity contribution in [2.75, 3.05) is 26.7 Å². The van der Waals surface area contributed by atoms with Gasteiger partial charge < -0.3 is 9.88 Å². The smallest absolute Gasteiger partial charge is 0.252 e. The van der Waals surface area contributed by atoms with Crippen molar-refractivity contribution >= 4 is 16.8 Å². The zero-order valence-corrected chi connectivity index (χ0v) is 12.3. The molecule has 0 bridgehead atoms. The second-order valence-electron chi connectivity index (χ2n) is 5.74. The fourth-order valence-electron chi connectivity index (χ4n) is 2.66. The van der Waals surface area contributed by atoms with Crippen molar-refractivity contribution in [3.05, 3.63) is 45.7 Å². The molecule has 1 N–H and O–H groups in total. The van der Waals surface area contributed by atoms with E-state index in [1.807, 2.05) is 43.1 Å². The summed E-state index contributed by atoms with van der Waals surface area (Å²) in [4.78, 5) is 30.6. The van der Waals surface area contributed by atoms with Gasteiger partial charge in [0.1, 0.15) is 0 Å². The number of aromatic amines is 1. The van der Waals surface area contributed by atoms with Gasteiger partial charge in [0.25, 0.3) is 5.56 Å². The van der Waals surface area contributed by atoms with Crippen LogP contribution in [0.5, 0.6) is 0 Å². The van der Waals surface area contributed by atoms with Crippen molar-refractivity contribution in [2.24, 2.45) is 0 Å². The van der Waals surface area contributed by atoms with Crippen LogP contribution >= 0.6 is 0 Å². The number of aromatic nitrogens is 1. The minimum absolute atomic E-state index is 0.0699. The molecule has 2 heterocycles. The van der Waals surface area contributed by atoms with Gasteiger partial charge in [0.2, 0.25) is 5.91 Å². The van der Waals surface area contributed by atoms with E-state index in [4.69, 9.17) is 0 Å². The van der Waals surface area contributed by atoms with Crippen LogP contribution in [0.25, 0.3) is 10.9 Å². The highest BCUT2D eigenvalue weighted by atomic mass is 16.2. The molecule has 110 valence electrons. The van der Waals surface area contributed by atoms with Crippen molar-refractivity contribution in [1.29, 1.82) is 0 Å². The number of H-pyrrole nitrogens is 1. The van der Waals surface area contributed by atoms with Crippen LogP contribution in [0.2, 0.25) is 0 Å². The summed E-state index contributed by atoms with van der Waals surface area (Å²) >= 11 is 0. The maximum atomic E-state index is 12.2. The highest BCUT2D eigenvalue weighted by molar-refractivity contribution is 5.80. The van der Waals surface area contributed by atoms with Crippen molar-refractivity contribution in [3.8, 4) is 0 Å². The fourth-order valence-corrected chi connectivity index (χ4v) is 2.66. The second kappa shape index (κ2) is 5.33. The Kier molecular flexibility index (Phi) is 3.51. The Labute approximate surface area is 123 Å². The van der Waals surface area contributed by atoms with Crippen molar-refractivity contribution in [1.82, 2.24) is 14.8 Å². The predicted octanol–water partition coefficient (Wildman–Crippen LogP) is 1.11. The van der Waals surface area contributed by atoms with Crippen LogP contribution in [0.3, 0.4) is 0 Å². The number of aryl methyl sites for hydroxylation is 1. The van der Waals surface area contributed by atoms with E-state index >= 15 is 0 Å². The second-order valence-corrected chi connectivity index (χ2v) is 5.74. The molecule has 1 saturated heterocycles. The lowest BCUT2D eigenvalue weighted by atomic mass is 10.1. The fraction of sp³-hybridized carbons (Fsp3) is 0.375. The van der Waals surface area contributed by atoms with Gasteiger partial charge in [-0.2, -0.15) is 0 Å². The third-order valence-electron chi connectivity index (χ3n) is 4.01. The monoisotopic (exact) mass is 285 g/mol. The molecule has 5 heteroatoms. The lowest BCUT2D eigenvalue weighted by Gasteiger charge is -2.31. The quantitative estimate of drug-likeness (QED) is 0.899. The van der Waals surface area contributed by atoms with E-state index in [1.165, 1.54) is 0 Å². The van der Waals surface area contributed by atoms with E-state index < -0.39 is 0 Å². The Balaban J connectivity index is 1.87. The maximum Gasteiger partial charge on any atom is 0.252 e. The lowest BCUT2D eigenvalue weighted by molar-refractivity contribution is -0.134. The standard InChI is InChI=1S/C16H19N3O2/c1-11-3-4-12-8-13(16(21)17-14(12)7-11)9-19-6-5-18(2)15(20)10-19/h3-4,7-8H,5-6,9-10H2,1-2H3,(H,17,21). The first-order valence-electron chi connectivity index (χ1n) is 7.12. The van der Waals surface area contributed by atoms with Crippen molar-refractivity contribution in [2.45, 2.75) is 13.5 Å². The first-order chi connectivity index (χ1) is 10.0. The number of nitrogens with zero attached hydrogens (tertiary/aromatic N) is 2. The van der Waals surface area contributed by atoms with Gasteiger partial charge in [-0.15, -0.1) is 0 Å². The Hall–Kier alpha value is -2.14. The minimum atomic E-state index is -0.0699. The van der Waals surface area contributed by atoms with Gasteiger partial charge in [-0.25, -0.2) is 0 Å². The summed E-state index contributed by atoms with van der Waals surface area (Å²) in [5.74, 6) is 0.106. The van der Waals surface area contributed by atoms with E-state index in [1.54, 1.807) is 4.90 Å². The molecule has 1 amide bonds. The Morgan fingerprint density at radius 1 is 1.19 bits per heavy atom. The topological polar surface area (TPSA) is 56.4 Å². The molecule has 3 rings (SSSR count). The number of benzene rings is 1. The Morgan fingerprint density at radius 3 is 2.76 bits per heavy atom. The first-order valence-corrected chi connectivity index (χ1v) is 7.12. The van der Waals surface area contributed by atoms with E-state index in [0.29, 0.717) is 25.2 Å². The van der Waals surface area contributed by atoms with Crippen LogP contribution in [-0.2, 0) is 11.3 Å². The maximum absolute atomic E-state index is 12.2. The summed E-state index contributed by atoms with van der Waals surface area (Å²) in [6, 6.07) is 7.94. The van der Waals surface area contributed by atoms with Gasteiger partial charge in [-0.1, -0.05) is 12.1 Å². The van der Waals surface area contributed by atoms with Gasteiger partial charge in [-0.3, -0.25) is 14.5 Å². The summed E-state index contributed by atoms with van der Waals surface area (Å²) in [6.45, 7) is 4.40. The molecular formula is C16H19N3O2. The number of piperazine rings is 1. The number of carbonyl (C=O) groups is 1. The van der Waals surface area contributed by atoms with Crippen LogP contribution in [0.1, 0.15) is 11.1 Å². The Morgan fingerprint density at radius 2 is 2.00 bits per heavy atom. The van der Waals surface area contributed by atoms with Crippen LogP contribution in [0.4, 0.5) is 0 Å². The summed E-state index contributed by atoms with van der Waals surface area (Å²) in [6.07, 6.45) is 0. The zero-order chi connectivity index (χ0) is 15.0. The van der Waals surface area contributed by atoms with Gasteiger partial charge in [-0.05, 0) is 30.0 Å². The first kappa shape index (κ1) is 13.8. The molecule has 0 spiro atoms. The molecule has 1 fully saturated rings. The molecule has 1 aliphatic heterocycles. The van der Waals surface area contributed by atoms with Crippen molar-refractivity contribution < 1.29 is 4.79 Å². The molecule has 1 aliphatic rings. The van der Waals surface area contributed by atoms with Gasteiger partial charge in [0.05, 0.1) is 6.54 Å². The number of hydrogen-bond acceptors (Lipinski definition) is 3. The minimum Gasteiger partial charge on any atom is -0.343 e. The summed E-state index contributed by atoms with van der Waals surface area (Å²) in [5, 5.41) is 1.02. The van der Waals surface area contributed by atoms with E-state index in [9.17, 15) is 9.59 Å². The molecule has 0 unspecified atom stereocenters. The number of fused-ring (bicyclic) bond motifs is 1. The SMILES string of the molecule is Cc1ccc2cc(CN3CCN(C)C(=O)C3)c(=O)[nH]c2c1. The number of pyridine rings is 1. The number of carbonyl (C=O) groups excluding carboxylic acids is 1. The number of nitrogens with one attached hydrogen (secondary N) is 1. The predicted molar refractivity (Wildman–Crippen MR) is 82.2 cm³/mol. The highest BCUT2D eigenvalue weighted by Gasteiger charge is 2.21. The highest BCUT2D eigenvalue weighted by Crippen LogP contribution is 2.14. The molecule has 0 aliphatic carbocycles. The van der Waals surface area contributed by atoms with Crippen LogP contribution in [0, 0.1) is 6.92 Å². The number of hydrogen-bond donors (Lipinski definition) is 1. The summed E-state index contributed by atoms with van der Waals surface area (Å²) in [5.41, 5.74) is 2.62. The van der Waals surface area contributed by atoms with Crippen LogP contribution in [0.15, 0.2) is 29.1 Å².